The minimum atomic E-state index is -0.663. The third-order valence-electron chi connectivity index (χ3n) is 3.39. The average molecular weight is 399 g/mol. The van der Waals surface area contributed by atoms with Crippen LogP contribution in [-0.4, -0.2) is 12.0 Å². The highest BCUT2D eigenvalue weighted by Crippen LogP contribution is 2.32. The first-order chi connectivity index (χ1) is 10.1. The predicted molar refractivity (Wildman–Crippen MR) is 85.3 cm³/mol. The average Bonchev–Trinajstić information content (AvgIpc) is 2.81. The van der Waals surface area contributed by atoms with Crippen molar-refractivity contribution in [3.8, 4) is 0 Å². The Bertz CT molecular complexity index is 680. The van der Waals surface area contributed by atoms with Crippen LogP contribution >= 0.6 is 22.6 Å². The highest BCUT2D eigenvalue weighted by Gasteiger charge is 2.31. The van der Waals surface area contributed by atoms with E-state index >= 15 is 0 Å². The molecule has 2 atom stereocenters. The Kier molecular flexibility index (Phi) is 3.93. The molecule has 0 saturated carbocycles. The van der Waals surface area contributed by atoms with E-state index in [4.69, 9.17) is 4.74 Å². The van der Waals surface area contributed by atoms with Gasteiger partial charge in [-0.05, 0) is 59.3 Å². The number of rotatable bonds is 2. The van der Waals surface area contributed by atoms with Gasteiger partial charge in [0.1, 0.15) is 29.3 Å². The smallest absolute Gasteiger partial charge is 0.223 e. The standard InChI is InChI=1S/C16H12F2INO/c1-9-15(10-5-7-11(19)8-6-10)20-16(21-9)14-12(17)3-2-4-13(14)18/h2-9,15H,1H3/t9-,15+/m1/s1. The molecule has 0 unspecified atom stereocenters. The molecule has 0 bridgehead atoms. The summed E-state index contributed by atoms with van der Waals surface area (Å²) in [5.41, 5.74) is 0.770. The molecule has 0 amide bonds. The van der Waals surface area contributed by atoms with Crippen molar-refractivity contribution in [2.45, 2.75) is 19.1 Å². The van der Waals surface area contributed by atoms with Gasteiger partial charge in [-0.15, -0.1) is 0 Å². The van der Waals surface area contributed by atoms with E-state index in [9.17, 15) is 8.78 Å². The first-order valence-electron chi connectivity index (χ1n) is 6.50. The first-order valence-corrected chi connectivity index (χ1v) is 7.58. The highest BCUT2D eigenvalue weighted by atomic mass is 127. The van der Waals surface area contributed by atoms with Crippen LogP contribution in [0.1, 0.15) is 24.1 Å². The molecule has 3 rings (SSSR count). The van der Waals surface area contributed by atoms with E-state index in [1.54, 1.807) is 0 Å². The molecule has 2 aromatic rings. The number of aliphatic imine (C=N–C) groups is 1. The minimum Gasteiger partial charge on any atom is -0.472 e. The Morgan fingerprint density at radius 2 is 1.67 bits per heavy atom. The second-order valence-electron chi connectivity index (χ2n) is 4.85. The zero-order valence-electron chi connectivity index (χ0n) is 11.2. The summed E-state index contributed by atoms with van der Waals surface area (Å²) in [5, 5.41) is 0. The predicted octanol–water partition coefficient (Wildman–Crippen LogP) is 4.48. The molecule has 108 valence electrons. The van der Waals surface area contributed by atoms with Gasteiger partial charge in [0.05, 0.1) is 0 Å². The van der Waals surface area contributed by atoms with E-state index in [1.807, 2.05) is 31.2 Å². The molecule has 0 spiro atoms. The molecule has 0 aromatic heterocycles. The number of benzene rings is 2. The molecule has 2 nitrogen and oxygen atoms in total. The van der Waals surface area contributed by atoms with Crippen molar-refractivity contribution in [3.63, 3.8) is 0 Å². The van der Waals surface area contributed by atoms with Crippen LogP contribution in [0, 0.1) is 15.2 Å². The van der Waals surface area contributed by atoms with Gasteiger partial charge in [0.15, 0.2) is 0 Å². The van der Waals surface area contributed by atoms with Crippen LogP contribution in [0.25, 0.3) is 0 Å². The zero-order valence-corrected chi connectivity index (χ0v) is 13.3. The van der Waals surface area contributed by atoms with E-state index in [-0.39, 0.29) is 23.6 Å². The summed E-state index contributed by atoms with van der Waals surface area (Å²) in [7, 11) is 0. The molecule has 0 aliphatic carbocycles. The molecule has 21 heavy (non-hydrogen) atoms. The molecule has 1 aliphatic heterocycles. The van der Waals surface area contributed by atoms with E-state index in [1.165, 1.54) is 18.2 Å². The van der Waals surface area contributed by atoms with Gasteiger partial charge < -0.3 is 4.74 Å². The van der Waals surface area contributed by atoms with Gasteiger partial charge in [0, 0.05) is 3.57 Å². The molecule has 0 N–H and O–H groups in total. The number of halogens is 3. The molecule has 1 heterocycles. The highest BCUT2D eigenvalue weighted by molar-refractivity contribution is 14.1. The zero-order chi connectivity index (χ0) is 15.0. The van der Waals surface area contributed by atoms with Crippen LogP contribution < -0.4 is 0 Å². The monoisotopic (exact) mass is 399 g/mol. The van der Waals surface area contributed by atoms with Gasteiger partial charge in [-0.3, -0.25) is 0 Å². The number of ether oxygens (including phenoxy) is 1. The first kappa shape index (κ1) is 14.4. The van der Waals surface area contributed by atoms with Crippen molar-refractivity contribution in [1.82, 2.24) is 0 Å². The lowest BCUT2D eigenvalue weighted by Crippen LogP contribution is -2.14. The van der Waals surface area contributed by atoms with E-state index in [0.29, 0.717) is 0 Å². The van der Waals surface area contributed by atoms with Crippen molar-refractivity contribution < 1.29 is 13.5 Å². The van der Waals surface area contributed by atoms with E-state index < -0.39 is 11.6 Å². The Hall–Kier alpha value is -1.50. The quantitative estimate of drug-likeness (QED) is 0.683. The molecule has 0 saturated heterocycles. The van der Waals surface area contributed by atoms with Crippen LogP contribution in [0.3, 0.4) is 0 Å². The second-order valence-corrected chi connectivity index (χ2v) is 6.10. The summed E-state index contributed by atoms with van der Waals surface area (Å²) >= 11 is 2.22. The van der Waals surface area contributed by atoms with Gasteiger partial charge in [-0.25, -0.2) is 13.8 Å². The summed E-state index contributed by atoms with van der Waals surface area (Å²) in [6.45, 7) is 1.85. The Balaban J connectivity index is 1.99. The maximum absolute atomic E-state index is 13.8. The van der Waals surface area contributed by atoms with Crippen LogP contribution in [0.2, 0.25) is 0 Å². The summed E-state index contributed by atoms with van der Waals surface area (Å²) in [6.07, 6.45) is -0.265. The van der Waals surface area contributed by atoms with Crippen LogP contribution in [-0.2, 0) is 4.74 Å². The molecular weight excluding hydrogens is 387 g/mol. The molecule has 1 aliphatic rings. The third kappa shape index (κ3) is 2.79. The normalized spacial score (nSPS) is 21.0. The molecular formula is C16H12F2INO. The number of hydrogen-bond donors (Lipinski definition) is 0. The fourth-order valence-corrected chi connectivity index (χ4v) is 2.69. The lowest BCUT2D eigenvalue weighted by molar-refractivity contribution is 0.213. The van der Waals surface area contributed by atoms with Crippen molar-refractivity contribution >= 4 is 28.5 Å². The molecule has 5 heteroatoms. The topological polar surface area (TPSA) is 21.6 Å². The molecule has 2 aromatic carbocycles. The SMILES string of the molecule is C[C@H]1OC(c2c(F)cccc2F)=N[C@@H]1c1ccc(I)cc1. The summed E-state index contributed by atoms with van der Waals surface area (Å²) in [6, 6.07) is 11.3. The van der Waals surface area contributed by atoms with E-state index in [2.05, 4.69) is 27.6 Å². The lowest BCUT2D eigenvalue weighted by atomic mass is 10.0. The van der Waals surface area contributed by atoms with Crippen molar-refractivity contribution in [2.75, 3.05) is 0 Å². The van der Waals surface area contributed by atoms with Gasteiger partial charge in [0.25, 0.3) is 0 Å². The van der Waals surface area contributed by atoms with Crippen LogP contribution in [0.15, 0.2) is 47.5 Å². The van der Waals surface area contributed by atoms with Crippen molar-refractivity contribution in [2.24, 2.45) is 4.99 Å². The van der Waals surface area contributed by atoms with Crippen molar-refractivity contribution in [1.29, 1.82) is 0 Å². The maximum atomic E-state index is 13.8. The van der Waals surface area contributed by atoms with Crippen molar-refractivity contribution in [3.05, 3.63) is 68.8 Å². The fraction of sp³-hybridized carbons (Fsp3) is 0.188. The second kappa shape index (κ2) is 5.71. The fourth-order valence-electron chi connectivity index (χ4n) is 2.33. The third-order valence-corrected chi connectivity index (χ3v) is 4.11. The van der Waals surface area contributed by atoms with Crippen LogP contribution in [0.5, 0.6) is 0 Å². The number of nitrogens with zero attached hydrogens (tertiary/aromatic N) is 1. The Morgan fingerprint density at radius 1 is 1.05 bits per heavy atom. The summed E-state index contributed by atoms with van der Waals surface area (Å²) in [5.74, 6) is -1.30. The molecule has 0 radical (unpaired) electrons. The Morgan fingerprint density at radius 3 is 2.29 bits per heavy atom. The largest absolute Gasteiger partial charge is 0.472 e. The Labute approximate surface area is 135 Å². The van der Waals surface area contributed by atoms with Gasteiger partial charge in [-0.1, -0.05) is 18.2 Å². The minimum absolute atomic E-state index is 0.0293. The lowest BCUT2D eigenvalue weighted by Gasteiger charge is -2.13. The maximum Gasteiger partial charge on any atom is 0.223 e. The van der Waals surface area contributed by atoms with Crippen LogP contribution in [0.4, 0.5) is 8.78 Å². The van der Waals surface area contributed by atoms with Gasteiger partial charge >= 0.3 is 0 Å². The summed E-state index contributed by atoms with van der Waals surface area (Å²) < 4.78 is 34.3. The summed E-state index contributed by atoms with van der Waals surface area (Å²) in [4.78, 5) is 4.37. The van der Waals surface area contributed by atoms with E-state index in [0.717, 1.165) is 9.13 Å². The molecule has 0 fully saturated rings. The van der Waals surface area contributed by atoms with Gasteiger partial charge in [-0.2, -0.15) is 0 Å². The number of hydrogen-bond acceptors (Lipinski definition) is 2. The van der Waals surface area contributed by atoms with Gasteiger partial charge in [0.2, 0.25) is 5.90 Å².